The van der Waals surface area contributed by atoms with Crippen LogP contribution in [-0.2, 0) is 11.3 Å². The minimum absolute atomic E-state index is 0.0411. The molecule has 0 aliphatic carbocycles. The van der Waals surface area contributed by atoms with Crippen LogP contribution < -0.4 is 10.6 Å². The van der Waals surface area contributed by atoms with Gasteiger partial charge in [0, 0.05) is 31.2 Å². The van der Waals surface area contributed by atoms with Crippen molar-refractivity contribution in [3.8, 4) is 0 Å². The van der Waals surface area contributed by atoms with Gasteiger partial charge in [-0.3, -0.25) is 9.69 Å². The zero-order valence-corrected chi connectivity index (χ0v) is 13.5. The number of carbonyl (C=O) groups excluding carboxylic acids is 1. The van der Waals surface area contributed by atoms with Crippen molar-refractivity contribution in [2.24, 2.45) is 0 Å². The maximum Gasteiger partial charge on any atom is 0.237 e. The molecule has 3 rings (SSSR count). The Hall–Kier alpha value is -1.57. The predicted octanol–water partition coefficient (Wildman–Crippen LogP) is 0.768. The molecule has 2 saturated heterocycles. The summed E-state index contributed by atoms with van der Waals surface area (Å²) in [6.45, 7) is 1.95. The smallest absolute Gasteiger partial charge is 0.237 e. The molecule has 2 aliphatic heterocycles. The van der Waals surface area contributed by atoms with Crippen molar-refractivity contribution in [3.05, 3.63) is 35.4 Å². The van der Waals surface area contributed by atoms with Crippen molar-refractivity contribution in [1.82, 2.24) is 15.5 Å². The fraction of sp³-hybridized carbons (Fsp3) is 0.588. The number of rotatable bonds is 4. The lowest BCUT2D eigenvalue weighted by atomic mass is 10.0. The van der Waals surface area contributed by atoms with Gasteiger partial charge in [0.05, 0.1) is 12.1 Å². The molecule has 5 nitrogen and oxygen atoms in total. The van der Waals surface area contributed by atoms with Gasteiger partial charge in [-0.25, -0.2) is 8.78 Å². The molecule has 0 aromatic heterocycles. The first-order valence-electron chi connectivity index (χ1n) is 8.40. The van der Waals surface area contributed by atoms with E-state index in [1.165, 1.54) is 18.2 Å². The molecule has 2 fully saturated rings. The van der Waals surface area contributed by atoms with Crippen LogP contribution >= 0.6 is 0 Å². The van der Waals surface area contributed by atoms with E-state index in [0.29, 0.717) is 19.5 Å². The molecule has 1 aromatic rings. The lowest BCUT2D eigenvalue weighted by Crippen LogP contribution is -2.51. The minimum Gasteiger partial charge on any atom is -0.392 e. The Kier molecular flexibility index (Phi) is 5.43. The summed E-state index contributed by atoms with van der Waals surface area (Å²) in [6, 6.07) is 3.48. The molecule has 0 unspecified atom stereocenters. The lowest BCUT2D eigenvalue weighted by molar-refractivity contribution is -0.124. The van der Waals surface area contributed by atoms with Crippen LogP contribution in [0.3, 0.4) is 0 Å². The van der Waals surface area contributed by atoms with E-state index in [2.05, 4.69) is 10.6 Å². The van der Waals surface area contributed by atoms with Crippen LogP contribution in [0.4, 0.5) is 8.78 Å². The number of amides is 1. The average Bonchev–Trinajstić information content (AvgIpc) is 2.98. The number of aliphatic hydroxyl groups is 1. The zero-order valence-electron chi connectivity index (χ0n) is 13.5. The number of nitrogens with zero attached hydrogens (tertiary/aromatic N) is 1. The first kappa shape index (κ1) is 17.3. The van der Waals surface area contributed by atoms with Crippen LogP contribution in [0.25, 0.3) is 0 Å². The normalized spacial score (nSPS) is 28.0. The molecule has 3 N–H and O–H groups in total. The summed E-state index contributed by atoms with van der Waals surface area (Å²) in [5, 5.41) is 15.5. The number of carbonyl (C=O) groups is 1. The summed E-state index contributed by atoms with van der Waals surface area (Å²) in [5.74, 6) is -1.19. The fourth-order valence-corrected chi connectivity index (χ4v) is 3.44. The zero-order chi connectivity index (χ0) is 17.1. The van der Waals surface area contributed by atoms with Gasteiger partial charge >= 0.3 is 0 Å². The van der Waals surface area contributed by atoms with Gasteiger partial charge in [-0.15, -0.1) is 0 Å². The second kappa shape index (κ2) is 7.55. The number of piperidine rings is 1. The molecule has 2 heterocycles. The lowest BCUT2D eigenvalue weighted by Gasteiger charge is -2.33. The van der Waals surface area contributed by atoms with Crippen molar-refractivity contribution >= 4 is 5.91 Å². The second-order valence-electron chi connectivity index (χ2n) is 6.63. The SMILES string of the molecule is O=C(N[C@@H]1CCCN(Cc2c(F)cccc2F)C1)[C@@H]1C[C@@H](O)CN1. The van der Waals surface area contributed by atoms with Crippen LogP contribution in [0.5, 0.6) is 0 Å². The Morgan fingerprint density at radius 3 is 2.79 bits per heavy atom. The Morgan fingerprint density at radius 2 is 2.12 bits per heavy atom. The van der Waals surface area contributed by atoms with Crippen LogP contribution in [0.15, 0.2) is 18.2 Å². The number of benzene rings is 1. The standard InChI is InChI=1S/C17H23F2N3O2/c18-14-4-1-5-15(19)13(14)10-22-6-2-3-11(9-22)21-17(24)16-7-12(23)8-20-16/h1,4-5,11-12,16,20,23H,2-3,6-10H2,(H,21,24)/t11-,12-,16+/m1/s1. The molecule has 3 atom stereocenters. The van der Waals surface area contributed by atoms with Crippen molar-refractivity contribution in [2.75, 3.05) is 19.6 Å². The summed E-state index contributed by atoms with van der Waals surface area (Å²) in [6.07, 6.45) is 1.65. The molecule has 0 bridgehead atoms. The first-order valence-corrected chi connectivity index (χ1v) is 8.40. The largest absolute Gasteiger partial charge is 0.392 e. The van der Waals surface area contributed by atoms with Gasteiger partial charge in [0.25, 0.3) is 0 Å². The highest BCUT2D eigenvalue weighted by Gasteiger charge is 2.30. The van der Waals surface area contributed by atoms with E-state index in [4.69, 9.17) is 0 Å². The van der Waals surface area contributed by atoms with Crippen LogP contribution in [0, 0.1) is 11.6 Å². The third-order valence-electron chi connectivity index (χ3n) is 4.72. The Morgan fingerprint density at radius 1 is 1.38 bits per heavy atom. The minimum atomic E-state index is -0.537. The number of hydrogen-bond acceptors (Lipinski definition) is 4. The highest BCUT2D eigenvalue weighted by molar-refractivity contribution is 5.82. The Bertz CT molecular complexity index is 579. The van der Waals surface area contributed by atoms with Crippen molar-refractivity contribution < 1.29 is 18.7 Å². The maximum atomic E-state index is 13.8. The summed E-state index contributed by atoms with van der Waals surface area (Å²) in [7, 11) is 0. The van der Waals surface area contributed by atoms with E-state index in [1.807, 2.05) is 4.90 Å². The number of aliphatic hydroxyl groups excluding tert-OH is 1. The van der Waals surface area contributed by atoms with Crippen LogP contribution in [0.2, 0.25) is 0 Å². The quantitative estimate of drug-likeness (QED) is 0.758. The summed E-state index contributed by atoms with van der Waals surface area (Å²) in [4.78, 5) is 14.2. The third kappa shape index (κ3) is 4.09. The molecule has 7 heteroatoms. The van der Waals surface area contributed by atoms with E-state index in [1.54, 1.807) is 0 Å². The molecule has 132 valence electrons. The number of hydrogen-bond donors (Lipinski definition) is 3. The van der Waals surface area contributed by atoms with Crippen molar-refractivity contribution in [2.45, 2.75) is 44.0 Å². The van der Waals surface area contributed by atoms with E-state index >= 15 is 0 Å². The van der Waals surface area contributed by atoms with Gasteiger partial charge in [0.2, 0.25) is 5.91 Å². The van der Waals surface area contributed by atoms with Gasteiger partial charge in [-0.2, -0.15) is 0 Å². The monoisotopic (exact) mass is 339 g/mol. The summed E-state index contributed by atoms with van der Waals surface area (Å²) in [5.41, 5.74) is 0.0741. The predicted molar refractivity (Wildman–Crippen MR) is 85.2 cm³/mol. The topological polar surface area (TPSA) is 64.6 Å². The fourth-order valence-electron chi connectivity index (χ4n) is 3.44. The highest BCUT2D eigenvalue weighted by atomic mass is 19.1. The molecule has 1 aromatic carbocycles. The van der Waals surface area contributed by atoms with E-state index < -0.39 is 17.7 Å². The molecule has 2 aliphatic rings. The van der Waals surface area contributed by atoms with E-state index in [9.17, 15) is 18.7 Å². The summed E-state index contributed by atoms with van der Waals surface area (Å²) < 4.78 is 27.6. The average molecular weight is 339 g/mol. The number of β-amino-alcohol motifs (C(OH)–C–C–N with tert-alkyl or cyclic N) is 1. The summed E-state index contributed by atoms with van der Waals surface area (Å²) >= 11 is 0. The van der Waals surface area contributed by atoms with Crippen LogP contribution in [0.1, 0.15) is 24.8 Å². The number of nitrogens with one attached hydrogen (secondary N) is 2. The first-order chi connectivity index (χ1) is 11.5. The molecule has 0 saturated carbocycles. The highest BCUT2D eigenvalue weighted by Crippen LogP contribution is 2.18. The Balaban J connectivity index is 1.55. The van der Waals surface area contributed by atoms with Gasteiger partial charge in [-0.05, 0) is 37.9 Å². The maximum absolute atomic E-state index is 13.8. The van der Waals surface area contributed by atoms with Gasteiger partial charge in [-0.1, -0.05) is 6.07 Å². The van der Waals surface area contributed by atoms with Gasteiger partial charge in [0.1, 0.15) is 11.6 Å². The molecule has 0 spiro atoms. The molecular weight excluding hydrogens is 316 g/mol. The second-order valence-corrected chi connectivity index (χ2v) is 6.63. The van der Waals surface area contributed by atoms with Crippen molar-refractivity contribution in [1.29, 1.82) is 0 Å². The Labute approximate surface area is 140 Å². The van der Waals surface area contributed by atoms with Crippen molar-refractivity contribution in [3.63, 3.8) is 0 Å². The van der Waals surface area contributed by atoms with Gasteiger partial charge < -0.3 is 15.7 Å². The third-order valence-corrected chi connectivity index (χ3v) is 4.72. The van der Waals surface area contributed by atoms with E-state index in [-0.39, 0.29) is 30.1 Å². The van der Waals surface area contributed by atoms with E-state index in [0.717, 1.165) is 19.4 Å². The molecule has 0 radical (unpaired) electrons. The van der Waals surface area contributed by atoms with Gasteiger partial charge in [0.15, 0.2) is 0 Å². The molecule has 24 heavy (non-hydrogen) atoms. The number of likely N-dealkylation sites (tertiary alicyclic amines) is 1. The number of halogens is 2. The molecule has 1 amide bonds. The molecular formula is C17H23F2N3O2. The van der Waals surface area contributed by atoms with Crippen LogP contribution in [-0.4, -0.2) is 53.7 Å².